The van der Waals surface area contributed by atoms with Gasteiger partial charge in [-0.3, -0.25) is 0 Å². The SMILES string of the molecule is CC(NC(=O)N[C@H](C(=O)O)[C@@H](C)O)C1CC1. The molecule has 0 aromatic rings. The smallest absolute Gasteiger partial charge is 0.328 e. The van der Waals surface area contributed by atoms with Crippen LogP contribution >= 0.6 is 0 Å². The van der Waals surface area contributed by atoms with Crippen molar-refractivity contribution in [1.29, 1.82) is 0 Å². The second kappa shape index (κ2) is 5.16. The maximum absolute atomic E-state index is 11.4. The van der Waals surface area contributed by atoms with Crippen molar-refractivity contribution >= 4 is 12.0 Å². The summed E-state index contributed by atoms with van der Waals surface area (Å²) in [6.07, 6.45) is 1.07. The maximum atomic E-state index is 11.4. The summed E-state index contributed by atoms with van der Waals surface area (Å²) in [5, 5.41) is 22.8. The van der Waals surface area contributed by atoms with Crippen LogP contribution in [-0.4, -0.2) is 40.4 Å². The van der Waals surface area contributed by atoms with Gasteiger partial charge in [0.05, 0.1) is 6.10 Å². The van der Waals surface area contributed by atoms with Crippen LogP contribution in [0.5, 0.6) is 0 Å². The number of aliphatic carboxylic acids is 1. The summed E-state index contributed by atoms with van der Waals surface area (Å²) in [6, 6.07) is -1.78. The van der Waals surface area contributed by atoms with E-state index in [1.807, 2.05) is 6.92 Å². The number of aliphatic hydroxyl groups excluding tert-OH is 1. The number of rotatable bonds is 5. The van der Waals surface area contributed by atoms with Gasteiger partial charge in [-0.25, -0.2) is 9.59 Å². The van der Waals surface area contributed by atoms with Gasteiger partial charge < -0.3 is 20.8 Å². The number of aliphatic hydroxyl groups is 1. The molecular formula is C10H18N2O4. The molecule has 0 heterocycles. The van der Waals surface area contributed by atoms with Crippen LogP contribution in [0.25, 0.3) is 0 Å². The molecule has 1 rings (SSSR count). The molecule has 92 valence electrons. The third kappa shape index (κ3) is 3.69. The fraction of sp³-hybridized carbons (Fsp3) is 0.800. The van der Waals surface area contributed by atoms with E-state index >= 15 is 0 Å². The fourth-order valence-electron chi connectivity index (χ4n) is 1.49. The summed E-state index contributed by atoms with van der Waals surface area (Å²) < 4.78 is 0. The van der Waals surface area contributed by atoms with Gasteiger partial charge in [-0.15, -0.1) is 0 Å². The molecule has 1 saturated carbocycles. The summed E-state index contributed by atoms with van der Waals surface area (Å²) in [5.74, 6) is -0.746. The number of carboxylic acid groups (broad SMARTS) is 1. The predicted molar refractivity (Wildman–Crippen MR) is 57.0 cm³/mol. The van der Waals surface area contributed by atoms with E-state index in [0.717, 1.165) is 12.8 Å². The molecule has 0 radical (unpaired) electrons. The number of hydrogen-bond donors (Lipinski definition) is 4. The predicted octanol–water partition coefficient (Wildman–Crippen LogP) is -0.0819. The molecule has 1 aliphatic carbocycles. The Kier molecular flexibility index (Phi) is 4.12. The number of nitrogens with one attached hydrogen (secondary N) is 2. The quantitative estimate of drug-likeness (QED) is 0.531. The zero-order chi connectivity index (χ0) is 12.3. The first-order chi connectivity index (χ1) is 7.41. The van der Waals surface area contributed by atoms with Crippen molar-refractivity contribution in [2.75, 3.05) is 0 Å². The maximum Gasteiger partial charge on any atom is 0.328 e. The highest BCUT2D eigenvalue weighted by molar-refractivity contribution is 5.83. The second-order valence-electron chi connectivity index (χ2n) is 4.30. The summed E-state index contributed by atoms with van der Waals surface area (Å²) in [4.78, 5) is 22.1. The number of carbonyl (C=O) groups is 2. The van der Waals surface area contributed by atoms with Crippen molar-refractivity contribution in [3.63, 3.8) is 0 Å². The van der Waals surface area contributed by atoms with Crippen LogP contribution in [0.3, 0.4) is 0 Å². The average Bonchev–Trinajstić information content (AvgIpc) is 2.95. The lowest BCUT2D eigenvalue weighted by atomic mass is 10.2. The van der Waals surface area contributed by atoms with Gasteiger partial charge in [-0.05, 0) is 32.6 Å². The van der Waals surface area contributed by atoms with Crippen LogP contribution < -0.4 is 10.6 Å². The third-order valence-corrected chi connectivity index (χ3v) is 2.72. The Morgan fingerprint density at radius 3 is 2.19 bits per heavy atom. The van der Waals surface area contributed by atoms with E-state index in [9.17, 15) is 9.59 Å². The molecule has 0 aromatic carbocycles. The number of amides is 2. The Balaban J connectivity index is 2.38. The number of urea groups is 1. The van der Waals surface area contributed by atoms with Crippen LogP contribution in [0.1, 0.15) is 26.7 Å². The number of carbonyl (C=O) groups excluding carboxylic acids is 1. The first-order valence-electron chi connectivity index (χ1n) is 5.39. The molecule has 6 nitrogen and oxygen atoms in total. The lowest BCUT2D eigenvalue weighted by molar-refractivity contribution is -0.141. The Morgan fingerprint density at radius 2 is 1.81 bits per heavy atom. The van der Waals surface area contributed by atoms with Gasteiger partial charge in [0.15, 0.2) is 6.04 Å². The molecular weight excluding hydrogens is 212 g/mol. The fourth-order valence-corrected chi connectivity index (χ4v) is 1.49. The van der Waals surface area contributed by atoms with Gasteiger partial charge >= 0.3 is 12.0 Å². The molecule has 3 atom stereocenters. The van der Waals surface area contributed by atoms with E-state index in [4.69, 9.17) is 10.2 Å². The average molecular weight is 230 g/mol. The van der Waals surface area contributed by atoms with Crippen molar-refractivity contribution in [2.24, 2.45) is 5.92 Å². The topological polar surface area (TPSA) is 98.7 Å². The highest BCUT2D eigenvalue weighted by Gasteiger charge is 2.30. The molecule has 6 heteroatoms. The van der Waals surface area contributed by atoms with Crippen molar-refractivity contribution in [2.45, 2.75) is 44.9 Å². The van der Waals surface area contributed by atoms with Crippen LogP contribution in [0.2, 0.25) is 0 Å². The van der Waals surface area contributed by atoms with E-state index in [0.29, 0.717) is 5.92 Å². The first-order valence-corrected chi connectivity index (χ1v) is 5.39. The van der Waals surface area contributed by atoms with E-state index in [1.54, 1.807) is 0 Å². The number of carboxylic acids is 1. The normalized spacial score (nSPS) is 20.7. The summed E-state index contributed by atoms with van der Waals surface area (Å²) in [7, 11) is 0. The molecule has 1 unspecified atom stereocenters. The van der Waals surface area contributed by atoms with Crippen molar-refractivity contribution in [3.8, 4) is 0 Å². The zero-order valence-corrected chi connectivity index (χ0v) is 9.43. The van der Waals surface area contributed by atoms with Crippen LogP contribution in [0.4, 0.5) is 4.79 Å². The molecule has 1 aliphatic rings. The molecule has 4 N–H and O–H groups in total. The van der Waals surface area contributed by atoms with Crippen LogP contribution in [0.15, 0.2) is 0 Å². The Hall–Kier alpha value is -1.30. The molecule has 0 aromatic heterocycles. The minimum atomic E-state index is -1.27. The molecule has 16 heavy (non-hydrogen) atoms. The Morgan fingerprint density at radius 1 is 1.25 bits per heavy atom. The summed E-state index contributed by atoms with van der Waals surface area (Å²) in [6.45, 7) is 3.21. The van der Waals surface area contributed by atoms with Gasteiger partial charge in [0.2, 0.25) is 0 Å². The zero-order valence-electron chi connectivity index (χ0n) is 9.43. The third-order valence-electron chi connectivity index (χ3n) is 2.72. The highest BCUT2D eigenvalue weighted by Crippen LogP contribution is 2.32. The molecule has 1 fully saturated rings. The summed E-state index contributed by atoms with van der Waals surface area (Å²) >= 11 is 0. The highest BCUT2D eigenvalue weighted by atomic mass is 16.4. The number of hydrogen-bond acceptors (Lipinski definition) is 3. The van der Waals surface area contributed by atoms with Crippen molar-refractivity contribution in [1.82, 2.24) is 10.6 Å². The molecule has 2 amide bonds. The van der Waals surface area contributed by atoms with Gasteiger partial charge in [-0.2, -0.15) is 0 Å². The van der Waals surface area contributed by atoms with Gasteiger partial charge in [0, 0.05) is 6.04 Å². The second-order valence-corrected chi connectivity index (χ2v) is 4.30. The molecule has 0 saturated heterocycles. The Bertz CT molecular complexity index is 276. The van der Waals surface area contributed by atoms with E-state index < -0.39 is 24.1 Å². The molecule has 0 bridgehead atoms. The first kappa shape index (κ1) is 12.8. The molecule has 0 spiro atoms. The monoisotopic (exact) mass is 230 g/mol. The van der Waals surface area contributed by atoms with E-state index in [-0.39, 0.29) is 6.04 Å². The minimum absolute atomic E-state index is 0.0449. The molecule has 0 aliphatic heterocycles. The summed E-state index contributed by atoms with van der Waals surface area (Å²) in [5.41, 5.74) is 0. The van der Waals surface area contributed by atoms with Gasteiger partial charge in [0.25, 0.3) is 0 Å². The van der Waals surface area contributed by atoms with Crippen molar-refractivity contribution < 1.29 is 19.8 Å². The van der Waals surface area contributed by atoms with Gasteiger partial charge in [-0.1, -0.05) is 0 Å². The van der Waals surface area contributed by atoms with Gasteiger partial charge in [0.1, 0.15) is 0 Å². The van der Waals surface area contributed by atoms with Crippen molar-refractivity contribution in [3.05, 3.63) is 0 Å². The lowest BCUT2D eigenvalue weighted by Crippen LogP contribution is -2.52. The van der Waals surface area contributed by atoms with Crippen LogP contribution in [0, 0.1) is 5.92 Å². The van der Waals surface area contributed by atoms with Crippen LogP contribution in [-0.2, 0) is 4.79 Å². The largest absolute Gasteiger partial charge is 0.480 e. The van der Waals surface area contributed by atoms with E-state index in [1.165, 1.54) is 6.92 Å². The lowest BCUT2D eigenvalue weighted by Gasteiger charge is -2.19. The van der Waals surface area contributed by atoms with E-state index in [2.05, 4.69) is 10.6 Å². The Labute approximate surface area is 94.0 Å². The minimum Gasteiger partial charge on any atom is -0.480 e. The standard InChI is InChI=1S/C10H18N2O4/c1-5(7-3-4-7)11-10(16)12-8(6(2)13)9(14)15/h5-8,13H,3-4H2,1-2H3,(H,14,15)(H2,11,12,16)/t5?,6-,8+/m1/s1.